The van der Waals surface area contributed by atoms with E-state index in [1.807, 2.05) is 0 Å². The van der Waals surface area contributed by atoms with Gasteiger partial charge in [0.2, 0.25) is 0 Å². The minimum atomic E-state index is -0.159. The van der Waals surface area contributed by atoms with Crippen LogP contribution < -0.4 is 10.6 Å². The molecule has 0 bridgehead atoms. The van der Waals surface area contributed by atoms with Crippen molar-refractivity contribution in [3.8, 4) is 0 Å². The van der Waals surface area contributed by atoms with Gasteiger partial charge in [0.05, 0.1) is 6.33 Å². The smallest absolute Gasteiger partial charge is 0.156 e. The van der Waals surface area contributed by atoms with Crippen LogP contribution in [0.2, 0.25) is 0 Å². The van der Waals surface area contributed by atoms with Gasteiger partial charge in [0.25, 0.3) is 0 Å². The van der Waals surface area contributed by atoms with Crippen molar-refractivity contribution in [1.29, 1.82) is 0 Å². The summed E-state index contributed by atoms with van der Waals surface area (Å²) in [6.07, 6.45) is 3.77. The van der Waals surface area contributed by atoms with E-state index >= 15 is 0 Å². The molecule has 1 aromatic heterocycles. The minimum Gasteiger partial charge on any atom is -0.352 e. The van der Waals surface area contributed by atoms with E-state index in [0.717, 1.165) is 29.3 Å². The first-order valence-corrected chi connectivity index (χ1v) is 5.19. The molecule has 0 radical (unpaired) electrons. The molecule has 0 aromatic carbocycles. The standard InChI is InChI=1S/C9H14N4S/c1-3-4-9(2)12-7-6(8(14)13-9)10-5-11-7/h5,12H,3-4H2,1-2H3,(H,10,11)(H,13,14). The number of rotatable bonds is 2. The van der Waals surface area contributed by atoms with E-state index in [9.17, 15) is 0 Å². The zero-order valence-electron chi connectivity index (χ0n) is 8.35. The fraction of sp³-hybridized carbons (Fsp3) is 0.556. The summed E-state index contributed by atoms with van der Waals surface area (Å²) in [4.78, 5) is 7.94. The van der Waals surface area contributed by atoms with Gasteiger partial charge >= 0.3 is 0 Å². The molecular weight excluding hydrogens is 196 g/mol. The molecular formula is C9H14N4S. The number of aromatic nitrogens is 2. The number of thiocarbonyl (C=S) groups is 1. The van der Waals surface area contributed by atoms with E-state index in [2.05, 4.69) is 34.4 Å². The highest BCUT2D eigenvalue weighted by Crippen LogP contribution is 2.24. The molecule has 5 heteroatoms. The predicted octanol–water partition coefficient (Wildman–Crippen LogP) is 1.62. The van der Waals surface area contributed by atoms with Gasteiger partial charge < -0.3 is 15.6 Å². The van der Waals surface area contributed by atoms with Crippen LogP contribution in [0.4, 0.5) is 5.82 Å². The zero-order valence-corrected chi connectivity index (χ0v) is 9.16. The lowest BCUT2D eigenvalue weighted by Gasteiger charge is -2.36. The zero-order chi connectivity index (χ0) is 10.2. The number of hydrogen-bond donors (Lipinski definition) is 3. The topological polar surface area (TPSA) is 52.7 Å². The van der Waals surface area contributed by atoms with Crippen molar-refractivity contribution >= 4 is 23.0 Å². The van der Waals surface area contributed by atoms with Crippen molar-refractivity contribution in [2.24, 2.45) is 0 Å². The van der Waals surface area contributed by atoms with Crippen LogP contribution in [-0.2, 0) is 0 Å². The first-order chi connectivity index (χ1) is 6.64. The molecule has 76 valence electrons. The van der Waals surface area contributed by atoms with E-state index in [-0.39, 0.29) is 5.66 Å². The molecule has 4 nitrogen and oxygen atoms in total. The average molecular weight is 210 g/mol. The summed E-state index contributed by atoms with van der Waals surface area (Å²) in [6.45, 7) is 4.25. The van der Waals surface area contributed by atoms with Crippen LogP contribution in [0.5, 0.6) is 0 Å². The maximum absolute atomic E-state index is 5.26. The van der Waals surface area contributed by atoms with Gasteiger partial charge in [-0.25, -0.2) is 4.98 Å². The SMILES string of the molecule is CCCC1(C)NC(=S)c2[nH]cnc2N1. The molecule has 3 N–H and O–H groups in total. The van der Waals surface area contributed by atoms with Gasteiger partial charge in [-0.05, 0) is 13.3 Å². The third-order valence-corrected chi connectivity index (χ3v) is 2.71. The molecule has 1 aliphatic heterocycles. The molecule has 0 fully saturated rings. The Balaban J connectivity index is 2.29. The monoisotopic (exact) mass is 210 g/mol. The van der Waals surface area contributed by atoms with Gasteiger partial charge in [-0.2, -0.15) is 0 Å². The second kappa shape index (κ2) is 3.24. The molecule has 2 rings (SSSR count). The Morgan fingerprint density at radius 1 is 1.50 bits per heavy atom. The van der Waals surface area contributed by atoms with Gasteiger partial charge in [0.1, 0.15) is 16.3 Å². The quantitative estimate of drug-likeness (QED) is 0.649. The number of hydrogen-bond acceptors (Lipinski definition) is 3. The van der Waals surface area contributed by atoms with E-state index < -0.39 is 0 Å². The highest BCUT2D eigenvalue weighted by molar-refractivity contribution is 7.80. The highest BCUT2D eigenvalue weighted by atomic mass is 32.1. The summed E-state index contributed by atoms with van der Waals surface area (Å²) >= 11 is 5.26. The Hall–Kier alpha value is -1.10. The lowest BCUT2D eigenvalue weighted by atomic mass is 10.0. The Kier molecular flexibility index (Phi) is 2.19. The van der Waals surface area contributed by atoms with Crippen LogP contribution in [0.1, 0.15) is 32.4 Å². The van der Waals surface area contributed by atoms with Crippen LogP contribution in [0, 0.1) is 0 Å². The van der Waals surface area contributed by atoms with Crippen LogP contribution >= 0.6 is 12.2 Å². The second-order valence-corrected chi connectivity index (χ2v) is 4.20. The molecule has 14 heavy (non-hydrogen) atoms. The van der Waals surface area contributed by atoms with Crippen molar-refractivity contribution in [2.75, 3.05) is 5.32 Å². The molecule has 2 heterocycles. The molecule has 1 unspecified atom stereocenters. The maximum atomic E-state index is 5.26. The maximum Gasteiger partial charge on any atom is 0.156 e. The molecule has 0 saturated carbocycles. The number of H-pyrrole nitrogens is 1. The number of nitrogens with one attached hydrogen (secondary N) is 3. The van der Waals surface area contributed by atoms with Gasteiger partial charge in [0, 0.05) is 0 Å². The molecule has 1 atom stereocenters. The largest absolute Gasteiger partial charge is 0.352 e. The lowest BCUT2D eigenvalue weighted by molar-refractivity contribution is 0.430. The van der Waals surface area contributed by atoms with Gasteiger partial charge in [-0.3, -0.25) is 0 Å². The van der Waals surface area contributed by atoms with Crippen LogP contribution in [-0.4, -0.2) is 20.6 Å². The number of anilines is 1. The first-order valence-electron chi connectivity index (χ1n) is 4.79. The molecule has 0 spiro atoms. The summed E-state index contributed by atoms with van der Waals surface area (Å²) in [5, 5.41) is 6.63. The molecule has 0 saturated heterocycles. The average Bonchev–Trinajstić information content (AvgIpc) is 2.51. The van der Waals surface area contributed by atoms with E-state index in [0.29, 0.717) is 0 Å². The molecule has 0 amide bonds. The predicted molar refractivity (Wildman–Crippen MR) is 60.4 cm³/mol. The van der Waals surface area contributed by atoms with Crippen molar-refractivity contribution in [3.05, 3.63) is 12.0 Å². The van der Waals surface area contributed by atoms with Crippen molar-refractivity contribution < 1.29 is 0 Å². The number of fused-ring (bicyclic) bond motifs is 1. The first kappa shape index (κ1) is 9.45. The third kappa shape index (κ3) is 1.48. The van der Waals surface area contributed by atoms with E-state index in [1.54, 1.807) is 6.33 Å². The normalized spacial score (nSPS) is 25.1. The van der Waals surface area contributed by atoms with E-state index in [1.165, 1.54) is 0 Å². The second-order valence-electron chi connectivity index (χ2n) is 3.79. The van der Waals surface area contributed by atoms with E-state index in [4.69, 9.17) is 12.2 Å². The Bertz CT molecular complexity index is 359. The summed E-state index contributed by atoms with van der Waals surface area (Å²) in [7, 11) is 0. The highest BCUT2D eigenvalue weighted by Gasteiger charge is 2.31. The summed E-state index contributed by atoms with van der Waals surface area (Å²) in [5.41, 5.74) is 0.724. The van der Waals surface area contributed by atoms with Gasteiger partial charge in [-0.1, -0.05) is 25.6 Å². The Labute approximate surface area is 88.5 Å². The van der Waals surface area contributed by atoms with Crippen molar-refractivity contribution in [1.82, 2.24) is 15.3 Å². The van der Waals surface area contributed by atoms with Crippen LogP contribution in [0.15, 0.2) is 6.33 Å². The summed E-state index contributed by atoms with van der Waals surface area (Å²) < 4.78 is 0. The Morgan fingerprint density at radius 3 is 3.00 bits per heavy atom. The fourth-order valence-corrected chi connectivity index (χ4v) is 2.17. The van der Waals surface area contributed by atoms with Crippen LogP contribution in [0.25, 0.3) is 0 Å². The number of aromatic amines is 1. The summed E-state index contributed by atoms with van der Waals surface area (Å²) in [6, 6.07) is 0. The van der Waals surface area contributed by atoms with Gasteiger partial charge in [-0.15, -0.1) is 0 Å². The Morgan fingerprint density at radius 2 is 2.29 bits per heavy atom. The summed E-state index contributed by atoms with van der Waals surface area (Å²) in [5.74, 6) is 0.852. The fourth-order valence-electron chi connectivity index (χ4n) is 1.79. The van der Waals surface area contributed by atoms with Crippen LogP contribution in [0.3, 0.4) is 0 Å². The lowest BCUT2D eigenvalue weighted by Crippen LogP contribution is -2.55. The molecule has 1 aromatic rings. The minimum absolute atomic E-state index is 0.159. The van der Waals surface area contributed by atoms with Gasteiger partial charge in [0.15, 0.2) is 5.82 Å². The van der Waals surface area contributed by atoms with Crippen molar-refractivity contribution in [2.45, 2.75) is 32.4 Å². The molecule has 0 aliphatic carbocycles. The van der Waals surface area contributed by atoms with Crippen molar-refractivity contribution in [3.63, 3.8) is 0 Å². The molecule has 1 aliphatic rings. The number of nitrogens with zero attached hydrogens (tertiary/aromatic N) is 1. The third-order valence-electron chi connectivity index (χ3n) is 2.40. The number of imidazole rings is 1.